The Balaban J connectivity index is 1.51. The molecule has 1 aromatic carbocycles. The molecule has 0 aliphatic carbocycles. The van der Waals surface area contributed by atoms with Gasteiger partial charge in [0.15, 0.2) is 0 Å². The molecule has 2 aliphatic rings. The molecule has 27 heavy (non-hydrogen) atoms. The van der Waals surface area contributed by atoms with Gasteiger partial charge in [-0.2, -0.15) is 5.10 Å². The summed E-state index contributed by atoms with van der Waals surface area (Å²) in [4.78, 5) is 2.58. The molecule has 0 amide bonds. The number of ether oxygens (including phenoxy) is 1. The van der Waals surface area contributed by atoms with E-state index in [1.807, 2.05) is 41.2 Å². The molecule has 1 aromatic heterocycles. The van der Waals surface area contributed by atoms with E-state index in [1.165, 1.54) is 11.3 Å². The van der Waals surface area contributed by atoms with Gasteiger partial charge in [0.05, 0.1) is 25.5 Å². The van der Waals surface area contributed by atoms with Crippen LogP contribution < -0.4 is 4.74 Å². The predicted molar refractivity (Wildman–Crippen MR) is 106 cm³/mol. The van der Waals surface area contributed by atoms with Crippen molar-refractivity contribution in [3.05, 3.63) is 59.9 Å². The predicted octanol–water partition coefficient (Wildman–Crippen LogP) is 3.40. The number of aromatic nitrogens is 2. The van der Waals surface area contributed by atoms with Crippen molar-refractivity contribution in [2.45, 2.75) is 63.4 Å². The molecule has 0 saturated carbocycles. The van der Waals surface area contributed by atoms with Crippen LogP contribution in [0.3, 0.4) is 0 Å². The standard InChI is InChI=1S/C22H29N3O2/c1-4-11-25-16(2)17(14-23-25)15-24-19-7-8-20(24)13-22(26,12-19)18-5-9-21(27-3)10-6-18/h4-6,9-10,14,19-20,26H,1,7-8,11-13,15H2,2-3H3/t19-,20+,22?. The second kappa shape index (κ2) is 7.13. The molecule has 2 aliphatic heterocycles. The van der Waals surface area contributed by atoms with E-state index in [2.05, 4.69) is 23.5 Å². The monoisotopic (exact) mass is 367 g/mol. The summed E-state index contributed by atoms with van der Waals surface area (Å²) in [5, 5.41) is 15.9. The zero-order valence-corrected chi connectivity index (χ0v) is 16.3. The molecule has 5 nitrogen and oxygen atoms in total. The third-order valence-corrected chi connectivity index (χ3v) is 6.40. The van der Waals surface area contributed by atoms with Crippen LogP contribution in [0.4, 0.5) is 0 Å². The van der Waals surface area contributed by atoms with Crippen LogP contribution >= 0.6 is 0 Å². The normalized spacial score (nSPS) is 27.7. The van der Waals surface area contributed by atoms with Crippen LogP contribution in [0.25, 0.3) is 0 Å². The Kier molecular flexibility index (Phi) is 4.82. The topological polar surface area (TPSA) is 50.5 Å². The van der Waals surface area contributed by atoms with Gasteiger partial charge >= 0.3 is 0 Å². The van der Waals surface area contributed by atoms with Crippen molar-refractivity contribution >= 4 is 0 Å². The fourth-order valence-corrected chi connectivity index (χ4v) is 4.85. The molecule has 144 valence electrons. The van der Waals surface area contributed by atoms with E-state index in [1.54, 1.807) is 7.11 Å². The van der Waals surface area contributed by atoms with E-state index >= 15 is 0 Å². The number of hydrogen-bond acceptors (Lipinski definition) is 4. The van der Waals surface area contributed by atoms with Crippen molar-refractivity contribution < 1.29 is 9.84 Å². The summed E-state index contributed by atoms with van der Waals surface area (Å²) in [6.07, 6.45) is 7.75. The highest BCUT2D eigenvalue weighted by atomic mass is 16.5. The third-order valence-electron chi connectivity index (χ3n) is 6.40. The summed E-state index contributed by atoms with van der Waals surface area (Å²) in [7, 11) is 1.67. The second-order valence-corrected chi connectivity index (χ2v) is 7.95. The molecule has 2 aromatic rings. The smallest absolute Gasteiger partial charge is 0.118 e. The highest BCUT2D eigenvalue weighted by molar-refractivity contribution is 5.32. The number of piperidine rings is 1. The van der Waals surface area contributed by atoms with Crippen LogP contribution in [0.1, 0.15) is 42.5 Å². The minimum absolute atomic E-state index is 0.415. The molecular weight excluding hydrogens is 338 g/mol. The van der Waals surface area contributed by atoms with Gasteiger partial charge in [0.1, 0.15) is 5.75 Å². The van der Waals surface area contributed by atoms with Gasteiger partial charge in [0.2, 0.25) is 0 Å². The lowest BCUT2D eigenvalue weighted by Crippen LogP contribution is -2.49. The van der Waals surface area contributed by atoms with Crippen molar-refractivity contribution in [3.8, 4) is 5.75 Å². The molecule has 4 rings (SSSR count). The highest BCUT2D eigenvalue weighted by Gasteiger charge is 2.48. The zero-order valence-electron chi connectivity index (χ0n) is 16.3. The number of nitrogens with zero attached hydrogens (tertiary/aromatic N) is 3. The number of hydrogen-bond donors (Lipinski definition) is 1. The van der Waals surface area contributed by atoms with Crippen LogP contribution in [0.2, 0.25) is 0 Å². The number of methoxy groups -OCH3 is 1. The molecule has 2 bridgehead atoms. The fraction of sp³-hybridized carbons (Fsp3) is 0.500. The van der Waals surface area contributed by atoms with Gasteiger partial charge in [0.25, 0.3) is 0 Å². The minimum atomic E-state index is -0.739. The van der Waals surface area contributed by atoms with Crippen LogP contribution in [-0.2, 0) is 18.7 Å². The second-order valence-electron chi connectivity index (χ2n) is 7.95. The first-order valence-corrected chi connectivity index (χ1v) is 9.79. The zero-order chi connectivity index (χ0) is 19.0. The van der Waals surface area contributed by atoms with Gasteiger partial charge in [-0.1, -0.05) is 18.2 Å². The Labute approximate surface area is 161 Å². The largest absolute Gasteiger partial charge is 0.497 e. The van der Waals surface area contributed by atoms with E-state index < -0.39 is 5.60 Å². The quantitative estimate of drug-likeness (QED) is 0.795. The summed E-state index contributed by atoms with van der Waals surface area (Å²) >= 11 is 0. The fourth-order valence-electron chi connectivity index (χ4n) is 4.85. The maximum absolute atomic E-state index is 11.4. The first kappa shape index (κ1) is 18.3. The van der Waals surface area contributed by atoms with Crippen molar-refractivity contribution in [1.82, 2.24) is 14.7 Å². The summed E-state index contributed by atoms with van der Waals surface area (Å²) in [6, 6.07) is 8.74. The van der Waals surface area contributed by atoms with E-state index in [4.69, 9.17) is 4.74 Å². The van der Waals surface area contributed by atoms with E-state index in [0.29, 0.717) is 12.1 Å². The number of rotatable bonds is 6. The van der Waals surface area contributed by atoms with Crippen molar-refractivity contribution in [3.63, 3.8) is 0 Å². The minimum Gasteiger partial charge on any atom is -0.497 e. The van der Waals surface area contributed by atoms with E-state index in [-0.39, 0.29) is 0 Å². The lowest BCUT2D eigenvalue weighted by atomic mass is 9.80. The molecule has 2 saturated heterocycles. The Hall–Kier alpha value is -2.11. The first-order valence-electron chi connectivity index (χ1n) is 9.79. The first-order chi connectivity index (χ1) is 13.0. The Morgan fingerprint density at radius 1 is 1.26 bits per heavy atom. The number of allylic oxidation sites excluding steroid dienone is 1. The lowest BCUT2D eigenvalue weighted by molar-refractivity contribution is -0.0595. The summed E-state index contributed by atoms with van der Waals surface area (Å²) in [5.74, 6) is 0.828. The van der Waals surface area contributed by atoms with E-state index in [0.717, 1.165) is 50.1 Å². The van der Waals surface area contributed by atoms with Gasteiger partial charge in [-0.15, -0.1) is 6.58 Å². The van der Waals surface area contributed by atoms with Crippen molar-refractivity contribution in [2.75, 3.05) is 7.11 Å². The van der Waals surface area contributed by atoms with Gasteiger partial charge in [-0.25, -0.2) is 0 Å². The molecule has 1 N–H and O–H groups in total. The van der Waals surface area contributed by atoms with Crippen molar-refractivity contribution in [1.29, 1.82) is 0 Å². The number of benzene rings is 1. The van der Waals surface area contributed by atoms with Crippen LogP contribution in [0.5, 0.6) is 5.75 Å². The van der Waals surface area contributed by atoms with Crippen molar-refractivity contribution in [2.24, 2.45) is 0 Å². The molecule has 0 spiro atoms. The number of aliphatic hydroxyl groups is 1. The van der Waals surface area contributed by atoms with Gasteiger partial charge in [-0.05, 0) is 50.3 Å². The Morgan fingerprint density at radius 2 is 1.93 bits per heavy atom. The van der Waals surface area contributed by atoms with E-state index in [9.17, 15) is 5.11 Å². The molecular formula is C22H29N3O2. The molecule has 3 heterocycles. The maximum Gasteiger partial charge on any atom is 0.118 e. The third kappa shape index (κ3) is 3.30. The molecule has 5 heteroatoms. The van der Waals surface area contributed by atoms with Gasteiger partial charge in [-0.3, -0.25) is 9.58 Å². The average Bonchev–Trinajstić information content (AvgIpc) is 3.13. The Bertz CT molecular complexity index is 797. The van der Waals surface area contributed by atoms with Gasteiger partial charge in [0, 0.05) is 29.9 Å². The van der Waals surface area contributed by atoms with Crippen LogP contribution in [0, 0.1) is 6.92 Å². The maximum atomic E-state index is 11.4. The average molecular weight is 367 g/mol. The summed E-state index contributed by atoms with van der Waals surface area (Å²) in [6.45, 7) is 7.59. The van der Waals surface area contributed by atoms with Gasteiger partial charge < -0.3 is 9.84 Å². The highest BCUT2D eigenvalue weighted by Crippen LogP contribution is 2.46. The number of fused-ring (bicyclic) bond motifs is 2. The lowest BCUT2D eigenvalue weighted by Gasteiger charge is -2.44. The molecule has 0 radical (unpaired) electrons. The Morgan fingerprint density at radius 3 is 2.52 bits per heavy atom. The molecule has 1 unspecified atom stereocenters. The molecule has 3 atom stereocenters. The molecule has 2 fully saturated rings. The summed E-state index contributed by atoms with van der Waals surface area (Å²) < 4.78 is 7.26. The summed E-state index contributed by atoms with van der Waals surface area (Å²) in [5.41, 5.74) is 2.76. The van der Waals surface area contributed by atoms with Crippen LogP contribution in [-0.4, -0.2) is 39.0 Å². The SMILES string of the molecule is C=CCn1ncc(CN2[C@@H]3CC[C@H]2CC(O)(c2ccc(OC)cc2)C3)c1C. The van der Waals surface area contributed by atoms with Crippen LogP contribution in [0.15, 0.2) is 43.1 Å².